The SMILES string of the molecule is NC(N)=NC(=O)c1ccc2cccc(C3=C(F)C=CC(F)C=C3Cl)c2c1. The van der Waals surface area contributed by atoms with Gasteiger partial charge in [0.05, 0.1) is 5.03 Å². The highest BCUT2D eigenvalue weighted by Gasteiger charge is 2.19. The van der Waals surface area contributed by atoms with Gasteiger partial charge in [-0.1, -0.05) is 35.9 Å². The molecule has 0 spiro atoms. The van der Waals surface area contributed by atoms with Gasteiger partial charge in [0.25, 0.3) is 5.91 Å². The Balaban J connectivity index is 2.24. The Bertz CT molecular complexity index is 1020. The lowest BCUT2D eigenvalue weighted by atomic mass is 9.95. The molecule has 0 heterocycles. The summed E-state index contributed by atoms with van der Waals surface area (Å²) in [5, 5.41) is 1.26. The van der Waals surface area contributed by atoms with Gasteiger partial charge in [0.2, 0.25) is 0 Å². The molecule has 0 bridgehead atoms. The van der Waals surface area contributed by atoms with Gasteiger partial charge in [-0.15, -0.1) is 0 Å². The third-order valence-electron chi connectivity index (χ3n) is 3.84. The third kappa shape index (κ3) is 3.50. The average molecular weight is 374 g/mol. The van der Waals surface area contributed by atoms with Crippen molar-refractivity contribution in [1.29, 1.82) is 0 Å². The van der Waals surface area contributed by atoms with Crippen LogP contribution in [0.2, 0.25) is 0 Å². The monoisotopic (exact) mass is 373 g/mol. The highest BCUT2D eigenvalue weighted by atomic mass is 35.5. The van der Waals surface area contributed by atoms with Crippen molar-refractivity contribution in [3.63, 3.8) is 0 Å². The van der Waals surface area contributed by atoms with E-state index in [1.165, 1.54) is 0 Å². The number of alkyl halides is 1. The van der Waals surface area contributed by atoms with Crippen molar-refractivity contribution < 1.29 is 13.6 Å². The van der Waals surface area contributed by atoms with Crippen LogP contribution in [-0.4, -0.2) is 18.0 Å². The molecule has 1 unspecified atom stereocenters. The first kappa shape index (κ1) is 17.8. The smallest absolute Gasteiger partial charge is 0.280 e. The number of aliphatic imine (C=N–C) groups is 1. The van der Waals surface area contributed by atoms with Crippen molar-refractivity contribution in [2.24, 2.45) is 16.5 Å². The predicted octanol–water partition coefficient (Wildman–Crippen LogP) is 3.96. The van der Waals surface area contributed by atoms with E-state index in [-0.39, 0.29) is 22.1 Å². The number of nitrogens with two attached hydrogens (primary N) is 2. The second-order valence-electron chi connectivity index (χ2n) is 5.62. The van der Waals surface area contributed by atoms with E-state index in [0.717, 1.165) is 23.6 Å². The number of nitrogens with zero attached hydrogens (tertiary/aromatic N) is 1. The third-order valence-corrected chi connectivity index (χ3v) is 4.15. The van der Waals surface area contributed by atoms with E-state index in [4.69, 9.17) is 23.1 Å². The van der Waals surface area contributed by atoms with Crippen LogP contribution in [0.3, 0.4) is 0 Å². The highest BCUT2D eigenvalue weighted by molar-refractivity contribution is 6.37. The van der Waals surface area contributed by atoms with Crippen molar-refractivity contribution in [2.75, 3.05) is 0 Å². The maximum atomic E-state index is 14.6. The van der Waals surface area contributed by atoms with Gasteiger partial charge in [0, 0.05) is 11.1 Å². The van der Waals surface area contributed by atoms with Crippen LogP contribution in [-0.2, 0) is 0 Å². The number of rotatable bonds is 2. The Kier molecular flexibility index (Phi) is 4.86. The molecule has 0 radical (unpaired) electrons. The van der Waals surface area contributed by atoms with E-state index in [9.17, 15) is 13.6 Å². The molecule has 0 aromatic heterocycles. The lowest BCUT2D eigenvalue weighted by Gasteiger charge is -2.11. The number of hydrogen-bond acceptors (Lipinski definition) is 1. The molecule has 0 saturated carbocycles. The fraction of sp³-hybridized carbons (Fsp3) is 0.0526. The summed E-state index contributed by atoms with van der Waals surface area (Å²) in [7, 11) is 0. The number of hydrogen-bond donors (Lipinski definition) is 2. The highest BCUT2D eigenvalue weighted by Crippen LogP contribution is 2.37. The van der Waals surface area contributed by atoms with Crippen LogP contribution < -0.4 is 11.5 Å². The molecule has 0 fully saturated rings. The Morgan fingerprint density at radius 2 is 1.96 bits per heavy atom. The molecule has 3 rings (SSSR count). The van der Waals surface area contributed by atoms with Crippen LogP contribution >= 0.6 is 11.6 Å². The molecule has 132 valence electrons. The number of carbonyl (C=O) groups is 1. The largest absolute Gasteiger partial charge is 0.370 e. The summed E-state index contributed by atoms with van der Waals surface area (Å²) in [4.78, 5) is 15.6. The van der Waals surface area contributed by atoms with Crippen molar-refractivity contribution in [3.8, 4) is 0 Å². The molecule has 0 aliphatic heterocycles. The van der Waals surface area contributed by atoms with Gasteiger partial charge in [-0.05, 0) is 46.7 Å². The fourth-order valence-electron chi connectivity index (χ4n) is 2.72. The van der Waals surface area contributed by atoms with E-state index < -0.39 is 17.9 Å². The first-order chi connectivity index (χ1) is 12.4. The summed E-state index contributed by atoms with van der Waals surface area (Å²) in [6.45, 7) is 0. The predicted molar refractivity (Wildman–Crippen MR) is 100 cm³/mol. The van der Waals surface area contributed by atoms with Gasteiger partial charge < -0.3 is 11.5 Å². The quantitative estimate of drug-likeness (QED) is 0.617. The van der Waals surface area contributed by atoms with E-state index in [0.29, 0.717) is 10.9 Å². The molecule has 2 aromatic carbocycles. The van der Waals surface area contributed by atoms with Gasteiger partial charge in [-0.25, -0.2) is 8.78 Å². The number of fused-ring (bicyclic) bond motifs is 1. The molecule has 1 aliphatic rings. The number of allylic oxidation sites excluding steroid dienone is 6. The zero-order valence-electron chi connectivity index (χ0n) is 13.4. The summed E-state index contributed by atoms with van der Waals surface area (Å²) in [5.74, 6) is -1.65. The summed E-state index contributed by atoms with van der Waals surface area (Å²) in [6, 6.07) is 9.97. The summed E-state index contributed by atoms with van der Waals surface area (Å²) in [6.07, 6.45) is 1.75. The molecule has 4 nitrogen and oxygen atoms in total. The molecule has 1 amide bonds. The number of guanidine groups is 1. The molecule has 26 heavy (non-hydrogen) atoms. The van der Waals surface area contributed by atoms with Crippen LogP contribution in [0.4, 0.5) is 8.78 Å². The summed E-state index contributed by atoms with van der Waals surface area (Å²) in [5.41, 5.74) is 11.2. The lowest BCUT2D eigenvalue weighted by Crippen LogP contribution is -2.24. The molecule has 7 heteroatoms. The second-order valence-corrected chi connectivity index (χ2v) is 6.03. The van der Waals surface area contributed by atoms with Gasteiger partial charge in [0.1, 0.15) is 12.0 Å². The Morgan fingerprint density at radius 3 is 2.69 bits per heavy atom. The molecule has 1 atom stereocenters. The molecular weight excluding hydrogens is 360 g/mol. The maximum Gasteiger partial charge on any atom is 0.280 e. The Hall–Kier alpha value is -2.99. The number of amides is 1. The first-order valence-corrected chi connectivity index (χ1v) is 8.01. The molecule has 4 N–H and O–H groups in total. The molecular formula is C19H14ClF2N3O. The standard InChI is InChI=1S/C19H14ClF2N3O/c20-15-9-12(21)6-7-16(22)17(15)13-3-1-2-10-4-5-11(8-14(10)13)18(26)25-19(23)24/h1-9,12H,(H4,23,24,25,26). The molecule has 1 aliphatic carbocycles. The van der Waals surface area contributed by atoms with Gasteiger partial charge >= 0.3 is 0 Å². The van der Waals surface area contributed by atoms with Gasteiger partial charge in [-0.2, -0.15) is 4.99 Å². The van der Waals surface area contributed by atoms with Crippen molar-refractivity contribution in [2.45, 2.75) is 6.17 Å². The van der Waals surface area contributed by atoms with Crippen LogP contribution in [0.1, 0.15) is 15.9 Å². The normalized spacial score (nSPS) is 17.0. The van der Waals surface area contributed by atoms with Gasteiger partial charge in [0.15, 0.2) is 5.96 Å². The van der Waals surface area contributed by atoms with Crippen LogP contribution in [0.15, 0.2) is 70.5 Å². The molecule has 0 saturated heterocycles. The Labute approximate surface area is 153 Å². The minimum atomic E-state index is -1.49. The van der Waals surface area contributed by atoms with E-state index in [1.54, 1.807) is 36.4 Å². The zero-order chi connectivity index (χ0) is 18.8. The minimum Gasteiger partial charge on any atom is -0.370 e. The lowest BCUT2D eigenvalue weighted by molar-refractivity contribution is 0.100. The number of halogens is 3. The number of carbonyl (C=O) groups excluding carboxylic acids is 1. The summed E-state index contributed by atoms with van der Waals surface area (Å²) < 4.78 is 28.2. The zero-order valence-corrected chi connectivity index (χ0v) is 14.2. The fourth-order valence-corrected chi connectivity index (χ4v) is 3.03. The van der Waals surface area contributed by atoms with E-state index in [1.807, 2.05) is 0 Å². The van der Waals surface area contributed by atoms with Crippen LogP contribution in [0.5, 0.6) is 0 Å². The average Bonchev–Trinajstić information content (AvgIpc) is 2.71. The van der Waals surface area contributed by atoms with Gasteiger partial charge in [-0.3, -0.25) is 4.79 Å². The minimum absolute atomic E-state index is 0.0477. The Morgan fingerprint density at radius 1 is 1.19 bits per heavy atom. The van der Waals surface area contributed by atoms with E-state index >= 15 is 0 Å². The summed E-state index contributed by atoms with van der Waals surface area (Å²) >= 11 is 6.14. The van der Waals surface area contributed by atoms with Crippen molar-refractivity contribution in [1.82, 2.24) is 0 Å². The van der Waals surface area contributed by atoms with E-state index in [2.05, 4.69) is 4.99 Å². The molecule has 2 aromatic rings. The van der Waals surface area contributed by atoms with Crippen LogP contribution in [0, 0.1) is 0 Å². The number of benzene rings is 2. The van der Waals surface area contributed by atoms with Crippen LogP contribution in [0.25, 0.3) is 16.3 Å². The first-order valence-electron chi connectivity index (χ1n) is 7.63. The van der Waals surface area contributed by atoms with Crippen molar-refractivity contribution >= 4 is 39.8 Å². The maximum absolute atomic E-state index is 14.6. The topological polar surface area (TPSA) is 81.5 Å². The van der Waals surface area contributed by atoms with Crippen molar-refractivity contribution in [3.05, 3.63) is 76.6 Å². The second kappa shape index (κ2) is 7.09.